The fourth-order valence-corrected chi connectivity index (χ4v) is 10.7. The predicted molar refractivity (Wildman–Crippen MR) is 282 cm³/mol. The number of aryl methyl sites for hydroxylation is 8. The predicted octanol–water partition coefficient (Wildman–Crippen LogP) is 9.85. The van der Waals surface area contributed by atoms with Gasteiger partial charge in [-0.2, -0.15) is 0 Å². The van der Waals surface area contributed by atoms with Crippen molar-refractivity contribution in [3.63, 3.8) is 0 Å². The Morgan fingerprint density at radius 3 is 1.42 bits per heavy atom. The van der Waals surface area contributed by atoms with E-state index in [9.17, 15) is 19.5 Å². The molecular formula is C59H65N9O4. The largest absolute Gasteiger partial charge is 0.481 e. The fourth-order valence-electron chi connectivity index (χ4n) is 10.7. The Balaban J connectivity index is 0.000000178. The molecule has 6 aromatic carbocycles. The molecule has 8 aromatic rings. The minimum absolute atomic E-state index is 0.0292. The number of aromatic nitrogens is 6. The first-order chi connectivity index (χ1) is 34.7. The van der Waals surface area contributed by atoms with Crippen LogP contribution in [-0.2, 0) is 43.8 Å². The van der Waals surface area contributed by atoms with Gasteiger partial charge in [-0.15, -0.1) is 10.2 Å². The fraction of sp³-hybridized carbons (Fsp3) is 0.339. The van der Waals surface area contributed by atoms with Crippen molar-refractivity contribution in [3.8, 4) is 0 Å². The Labute approximate surface area is 421 Å². The Morgan fingerprint density at radius 2 is 1.00 bits per heavy atom. The Hall–Kier alpha value is -7.51. The van der Waals surface area contributed by atoms with Crippen LogP contribution >= 0.6 is 0 Å². The number of benzene rings is 6. The van der Waals surface area contributed by atoms with Crippen molar-refractivity contribution in [1.82, 2.24) is 39.8 Å². The highest BCUT2D eigenvalue weighted by Crippen LogP contribution is 2.36. The number of carboxylic acids is 1. The Morgan fingerprint density at radius 1 is 0.556 bits per heavy atom. The van der Waals surface area contributed by atoms with Gasteiger partial charge >= 0.3 is 5.97 Å². The molecule has 0 radical (unpaired) electrons. The molecule has 13 heteroatoms. The van der Waals surface area contributed by atoms with E-state index in [1.165, 1.54) is 38.9 Å². The summed E-state index contributed by atoms with van der Waals surface area (Å²) in [6.45, 7) is 20.9. The standard InChI is InChI=1S/C30H32N4O3.C29H33N5O/c1-5-34-27-11-10-25(20(4)29(27)31-32-34)26(16-28(35)36)22-9-8-21-12-13-33(17-24(21)15-22)30(37)23-7-6-18(2)19(3)14-23;1-5-34-27-11-10-25(20(4)28(27)31-32-34)26(16-30)22-9-8-21-12-13-33(17-24(21)15-22)29(35)23-7-6-18(2)19(3)14-23/h6-11,14-15,26H,5,12-13,16-17H2,1-4H3,(H,35,36);6-11,14-15,26H,5,12-13,16-17,30H2,1-4H3/t2*26-/m00/s1. The molecule has 0 bridgehead atoms. The molecule has 2 aromatic heterocycles. The van der Waals surface area contributed by atoms with Gasteiger partial charge in [0, 0.05) is 68.8 Å². The zero-order valence-electron chi connectivity index (χ0n) is 42.8. The number of fused-ring (bicyclic) bond motifs is 4. The minimum Gasteiger partial charge on any atom is -0.481 e. The summed E-state index contributed by atoms with van der Waals surface area (Å²) in [6, 6.07) is 33.0. The molecule has 13 nitrogen and oxygen atoms in total. The van der Waals surface area contributed by atoms with E-state index in [-0.39, 0.29) is 30.1 Å². The third kappa shape index (κ3) is 9.65. The highest BCUT2D eigenvalue weighted by atomic mass is 16.4. The molecular weight excluding hydrogens is 899 g/mol. The molecule has 2 amide bonds. The van der Waals surface area contributed by atoms with Crippen molar-refractivity contribution in [1.29, 1.82) is 0 Å². The molecule has 370 valence electrons. The molecule has 3 N–H and O–H groups in total. The summed E-state index contributed by atoms with van der Waals surface area (Å²) in [6.07, 6.45) is 1.61. The van der Waals surface area contributed by atoms with Crippen LogP contribution in [0.1, 0.15) is 131 Å². The normalized spacial score (nSPS) is 14.1. The number of aliphatic carboxylic acids is 1. The van der Waals surface area contributed by atoms with Gasteiger partial charge in [-0.3, -0.25) is 14.4 Å². The van der Waals surface area contributed by atoms with Crippen LogP contribution in [-0.4, -0.2) is 82.3 Å². The lowest BCUT2D eigenvalue weighted by Crippen LogP contribution is -2.36. The number of rotatable bonds is 11. The SMILES string of the molecule is CCn1nnc2c(C)c([C@@H](CC(=O)O)c3ccc4c(c3)CN(C(=O)c3ccc(C)c(C)c3)CC4)ccc21.CCn1nnc2c(C)c([C@@H](CN)c3ccc4c(c3)CN(C(=O)c3ccc(C)c(C)c3)CC4)ccc21. The summed E-state index contributed by atoms with van der Waals surface area (Å²) in [5, 5.41) is 27.1. The van der Waals surface area contributed by atoms with Crippen molar-refractivity contribution in [2.75, 3.05) is 19.6 Å². The van der Waals surface area contributed by atoms with Crippen molar-refractivity contribution in [2.24, 2.45) is 5.73 Å². The molecule has 0 unspecified atom stereocenters. The average molecular weight is 964 g/mol. The molecule has 0 saturated carbocycles. The lowest BCUT2D eigenvalue weighted by atomic mass is 9.83. The van der Waals surface area contributed by atoms with Gasteiger partial charge in [0.25, 0.3) is 11.8 Å². The third-order valence-corrected chi connectivity index (χ3v) is 15.3. The van der Waals surface area contributed by atoms with E-state index in [1.807, 2.05) is 101 Å². The summed E-state index contributed by atoms with van der Waals surface area (Å²) in [5.41, 5.74) is 27.3. The minimum atomic E-state index is -0.856. The number of hydrogen-bond acceptors (Lipinski definition) is 8. The lowest BCUT2D eigenvalue weighted by molar-refractivity contribution is -0.137. The number of carbonyl (C=O) groups is 3. The van der Waals surface area contributed by atoms with Gasteiger partial charge in [-0.1, -0.05) is 71.1 Å². The monoisotopic (exact) mass is 964 g/mol. The van der Waals surface area contributed by atoms with E-state index in [0.717, 1.165) is 99.1 Å². The zero-order chi connectivity index (χ0) is 51.0. The summed E-state index contributed by atoms with van der Waals surface area (Å²) in [5.74, 6) is -1.00. The molecule has 72 heavy (non-hydrogen) atoms. The van der Waals surface area contributed by atoms with E-state index in [1.54, 1.807) is 0 Å². The van der Waals surface area contributed by atoms with Crippen molar-refractivity contribution in [2.45, 2.75) is 113 Å². The van der Waals surface area contributed by atoms with Crippen LogP contribution in [0.15, 0.2) is 97.1 Å². The van der Waals surface area contributed by atoms with Gasteiger partial charge < -0.3 is 20.6 Å². The van der Waals surface area contributed by atoms with Crippen molar-refractivity contribution < 1.29 is 19.5 Å². The van der Waals surface area contributed by atoms with Gasteiger partial charge in [0.1, 0.15) is 11.0 Å². The summed E-state index contributed by atoms with van der Waals surface area (Å²) in [7, 11) is 0. The first-order valence-corrected chi connectivity index (χ1v) is 25.2. The summed E-state index contributed by atoms with van der Waals surface area (Å²) < 4.78 is 3.77. The summed E-state index contributed by atoms with van der Waals surface area (Å²) >= 11 is 0. The Bertz CT molecular complexity index is 3390. The topological polar surface area (TPSA) is 165 Å². The van der Waals surface area contributed by atoms with Crippen LogP contribution in [0.2, 0.25) is 0 Å². The second-order valence-electron chi connectivity index (χ2n) is 19.7. The third-order valence-electron chi connectivity index (χ3n) is 15.3. The lowest BCUT2D eigenvalue weighted by Gasteiger charge is -2.30. The first-order valence-electron chi connectivity index (χ1n) is 25.2. The molecule has 0 fully saturated rings. The van der Waals surface area contributed by atoms with Gasteiger partial charge in [-0.05, 0) is 183 Å². The van der Waals surface area contributed by atoms with Crippen LogP contribution in [0.5, 0.6) is 0 Å². The average Bonchev–Trinajstić information content (AvgIpc) is 4.02. The van der Waals surface area contributed by atoms with Crippen LogP contribution in [0.3, 0.4) is 0 Å². The van der Waals surface area contributed by atoms with Crippen molar-refractivity contribution in [3.05, 3.63) is 186 Å². The molecule has 2 atom stereocenters. The molecule has 0 aliphatic carbocycles. The molecule has 4 heterocycles. The molecule has 10 rings (SSSR count). The second kappa shape index (κ2) is 20.7. The van der Waals surface area contributed by atoms with E-state index < -0.39 is 5.97 Å². The van der Waals surface area contributed by atoms with Gasteiger partial charge in [0.05, 0.1) is 17.5 Å². The van der Waals surface area contributed by atoms with E-state index >= 15 is 0 Å². The van der Waals surface area contributed by atoms with E-state index in [2.05, 4.69) is 90.8 Å². The number of nitrogens with zero attached hydrogens (tertiary/aromatic N) is 8. The molecule has 2 aliphatic rings. The Kier molecular flexibility index (Phi) is 14.2. The van der Waals surface area contributed by atoms with E-state index in [4.69, 9.17) is 5.73 Å². The number of amides is 2. The summed E-state index contributed by atoms with van der Waals surface area (Å²) in [4.78, 5) is 42.3. The van der Waals surface area contributed by atoms with Crippen LogP contribution in [0.25, 0.3) is 22.1 Å². The van der Waals surface area contributed by atoms with Crippen molar-refractivity contribution >= 4 is 39.9 Å². The van der Waals surface area contributed by atoms with E-state index in [0.29, 0.717) is 31.7 Å². The highest BCUT2D eigenvalue weighted by Gasteiger charge is 2.28. The second-order valence-corrected chi connectivity index (χ2v) is 19.7. The van der Waals surface area contributed by atoms with Crippen LogP contribution in [0.4, 0.5) is 0 Å². The highest BCUT2D eigenvalue weighted by molar-refractivity contribution is 5.95. The maximum Gasteiger partial charge on any atom is 0.304 e. The smallest absolute Gasteiger partial charge is 0.304 e. The van der Waals surface area contributed by atoms with Crippen LogP contribution < -0.4 is 5.73 Å². The maximum atomic E-state index is 13.3. The number of carboxylic acid groups (broad SMARTS) is 1. The molecule has 0 spiro atoms. The number of carbonyl (C=O) groups excluding carboxylic acids is 2. The number of nitrogens with two attached hydrogens (primary N) is 1. The van der Waals surface area contributed by atoms with Gasteiger partial charge in [0.2, 0.25) is 0 Å². The maximum absolute atomic E-state index is 13.3. The quantitative estimate of drug-likeness (QED) is 0.128. The van der Waals surface area contributed by atoms with Gasteiger partial charge in [0.15, 0.2) is 0 Å². The molecule has 0 saturated heterocycles. The van der Waals surface area contributed by atoms with Gasteiger partial charge in [-0.25, -0.2) is 9.36 Å². The van der Waals surface area contributed by atoms with Crippen LogP contribution in [0, 0.1) is 41.5 Å². The molecule has 2 aliphatic heterocycles. The zero-order valence-corrected chi connectivity index (χ0v) is 42.8. The first kappa shape index (κ1) is 49.5. The number of hydrogen-bond donors (Lipinski definition) is 2.